The van der Waals surface area contributed by atoms with Crippen molar-refractivity contribution in [3.8, 4) is 0 Å². The quantitative estimate of drug-likeness (QED) is 0.934. The fourth-order valence-corrected chi connectivity index (χ4v) is 4.13. The van der Waals surface area contributed by atoms with Gasteiger partial charge in [0.25, 0.3) is 5.91 Å². The van der Waals surface area contributed by atoms with Crippen molar-refractivity contribution in [2.75, 3.05) is 31.1 Å². The molecule has 3 heterocycles. The molecule has 5 nitrogen and oxygen atoms in total. The standard InChI is InChI=1S/C20H26N4O/c1-15-6-7-19(23-10-2-3-11-23)17(13-15)20(25)24-12-4-5-16(14-24)18-8-9-21-22-18/h6-9,13,16H,2-5,10-12,14H2,1H3,(H,21,22)/t16-/m1/s1. The summed E-state index contributed by atoms with van der Waals surface area (Å²) >= 11 is 0. The molecule has 132 valence electrons. The van der Waals surface area contributed by atoms with E-state index in [1.54, 1.807) is 6.20 Å². The van der Waals surface area contributed by atoms with Crippen LogP contribution in [0.15, 0.2) is 30.5 Å². The number of anilines is 1. The second-order valence-corrected chi connectivity index (χ2v) is 7.32. The van der Waals surface area contributed by atoms with Crippen LogP contribution in [0.4, 0.5) is 5.69 Å². The van der Waals surface area contributed by atoms with E-state index in [4.69, 9.17) is 0 Å². The number of piperidine rings is 1. The first-order valence-electron chi connectivity index (χ1n) is 9.36. The Labute approximate surface area is 149 Å². The number of rotatable bonds is 3. The van der Waals surface area contributed by atoms with Crippen LogP contribution in [-0.2, 0) is 0 Å². The minimum absolute atomic E-state index is 0.176. The van der Waals surface area contributed by atoms with Crippen LogP contribution in [0.1, 0.15) is 53.2 Å². The smallest absolute Gasteiger partial charge is 0.255 e. The maximum Gasteiger partial charge on any atom is 0.255 e. The van der Waals surface area contributed by atoms with Crippen molar-refractivity contribution in [1.82, 2.24) is 15.1 Å². The lowest BCUT2D eigenvalue weighted by Crippen LogP contribution is -2.40. The number of H-pyrrole nitrogens is 1. The number of amides is 1. The maximum atomic E-state index is 13.3. The number of likely N-dealkylation sites (tertiary alicyclic amines) is 1. The van der Waals surface area contributed by atoms with Crippen LogP contribution in [0.25, 0.3) is 0 Å². The van der Waals surface area contributed by atoms with Crippen molar-refractivity contribution in [2.45, 2.75) is 38.5 Å². The molecule has 5 heteroatoms. The predicted octanol–water partition coefficient (Wildman–Crippen LogP) is 3.34. The monoisotopic (exact) mass is 338 g/mol. The molecule has 0 radical (unpaired) electrons. The number of aryl methyl sites for hydroxylation is 1. The number of hydrogen-bond donors (Lipinski definition) is 1. The zero-order chi connectivity index (χ0) is 17.2. The molecule has 4 rings (SSSR count). The van der Waals surface area contributed by atoms with Crippen LogP contribution in [0.5, 0.6) is 0 Å². The number of carbonyl (C=O) groups excluding carboxylic acids is 1. The SMILES string of the molecule is Cc1ccc(N2CCCC2)c(C(=O)N2CCC[C@@H](c3ccn[nH]3)C2)c1. The van der Waals surface area contributed by atoms with E-state index in [0.717, 1.165) is 61.5 Å². The van der Waals surface area contributed by atoms with Crippen molar-refractivity contribution in [2.24, 2.45) is 0 Å². The van der Waals surface area contributed by atoms with Crippen molar-refractivity contribution >= 4 is 11.6 Å². The summed E-state index contributed by atoms with van der Waals surface area (Å²) in [6.07, 6.45) is 6.38. The van der Waals surface area contributed by atoms with Gasteiger partial charge in [-0.05, 0) is 50.8 Å². The summed E-state index contributed by atoms with van der Waals surface area (Å²) in [5.41, 5.74) is 4.26. The van der Waals surface area contributed by atoms with Crippen molar-refractivity contribution in [3.05, 3.63) is 47.3 Å². The summed E-state index contributed by atoms with van der Waals surface area (Å²) in [4.78, 5) is 17.7. The number of hydrogen-bond acceptors (Lipinski definition) is 3. The maximum absolute atomic E-state index is 13.3. The van der Waals surface area contributed by atoms with E-state index in [1.165, 1.54) is 12.8 Å². The van der Waals surface area contributed by atoms with E-state index in [0.29, 0.717) is 5.92 Å². The summed E-state index contributed by atoms with van der Waals surface area (Å²) < 4.78 is 0. The number of benzene rings is 1. The first-order valence-corrected chi connectivity index (χ1v) is 9.36. The predicted molar refractivity (Wildman–Crippen MR) is 99.1 cm³/mol. The van der Waals surface area contributed by atoms with E-state index >= 15 is 0 Å². The second-order valence-electron chi connectivity index (χ2n) is 7.32. The first-order chi connectivity index (χ1) is 12.2. The molecule has 0 saturated carbocycles. The molecule has 2 saturated heterocycles. The van der Waals surface area contributed by atoms with Crippen LogP contribution in [0, 0.1) is 6.92 Å². The highest BCUT2D eigenvalue weighted by Gasteiger charge is 2.28. The zero-order valence-corrected chi connectivity index (χ0v) is 14.9. The number of nitrogens with one attached hydrogen (secondary N) is 1. The average Bonchev–Trinajstić information content (AvgIpc) is 3.35. The fourth-order valence-electron chi connectivity index (χ4n) is 4.13. The Morgan fingerprint density at radius 1 is 1.16 bits per heavy atom. The van der Waals surface area contributed by atoms with E-state index in [-0.39, 0.29) is 5.91 Å². The number of carbonyl (C=O) groups is 1. The topological polar surface area (TPSA) is 52.2 Å². The molecule has 0 aliphatic carbocycles. The molecule has 1 aromatic carbocycles. The molecule has 2 aliphatic rings. The highest BCUT2D eigenvalue weighted by Crippen LogP contribution is 2.30. The summed E-state index contributed by atoms with van der Waals surface area (Å²) in [7, 11) is 0. The number of aromatic nitrogens is 2. The fraction of sp³-hybridized carbons (Fsp3) is 0.500. The van der Waals surface area contributed by atoms with E-state index in [2.05, 4.69) is 40.2 Å². The molecular weight excluding hydrogens is 312 g/mol. The summed E-state index contributed by atoms with van der Waals surface area (Å²) in [5, 5.41) is 7.14. The molecule has 1 N–H and O–H groups in total. The zero-order valence-electron chi connectivity index (χ0n) is 14.9. The van der Waals surface area contributed by atoms with Crippen molar-refractivity contribution < 1.29 is 4.79 Å². The van der Waals surface area contributed by atoms with Crippen molar-refractivity contribution in [1.29, 1.82) is 0 Å². The third kappa shape index (κ3) is 3.28. The van der Waals surface area contributed by atoms with Gasteiger partial charge >= 0.3 is 0 Å². The van der Waals surface area contributed by atoms with Gasteiger partial charge in [0.05, 0.1) is 5.56 Å². The molecule has 1 amide bonds. The normalized spacial score (nSPS) is 20.9. The van der Waals surface area contributed by atoms with E-state index < -0.39 is 0 Å². The first kappa shape index (κ1) is 16.2. The average molecular weight is 338 g/mol. The molecular formula is C20H26N4O. The molecule has 0 unspecified atom stereocenters. The highest BCUT2D eigenvalue weighted by atomic mass is 16.2. The van der Waals surface area contributed by atoms with Gasteiger partial charge in [-0.2, -0.15) is 5.10 Å². The lowest BCUT2D eigenvalue weighted by atomic mass is 9.94. The van der Waals surface area contributed by atoms with Gasteiger partial charge in [-0.15, -0.1) is 0 Å². The van der Waals surface area contributed by atoms with Crippen molar-refractivity contribution in [3.63, 3.8) is 0 Å². The van der Waals surface area contributed by atoms with Gasteiger partial charge in [-0.25, -0.2) is 0 Å². The lowest BCUT2D eigenvalue weighted by Gasteiger charge is -2.33. The van der Waals surface area contributed by atoms with Crippen LogP contribution in [0.3, 0.4) is 0 Å². The Kier molecular flexibility index (Phi) is 4.47. The molecule has 0 bridgehead atoms. The molecule has 0 spiro atoms. The minimum atomic E-state index is 0.176. The number of aromatic amines is 1. The van der Waals surface area contributed by atoms with Crippen LogP contribution in [0.2, 0.25) is 0 Å². The largest absolute Gasteiger partial charge is 0.371 e. The molecule has 25 heavy (non-hydrogen) atoms. The molecule has 2 aromatic rings. The summed E-state index contributed by atoms with van der Waals surface area (Å²) in [5.74, 6) is 0.537. The third-order valence-corrected chi connectivity index (χ3v) is 5.50. The Balaban J connectivity index is 1.58. The highest BCUT2D eigenvalue weighted by molar-refractivity contribution is 6.00. The summed E-state index contributed by atoms with van der Waals surface area (Å²) in [6, 6.07) is 8.34. The van der Waals surface area contributed by atoms with Gasteiger partial charge in [-0.1, -0.05) is 11.6 Å². The van der Waals surface area contributed by atoms with E-state index in [1.807, 2.05) is 11.0 Å². The van der Waals surface area contributed by atoms with Gasteiger partial charge in [0.2, 0.25) is 0 Å². The number of nitrogens with zero attached hydrogens (tertiary/aromatic N) is 3. The van der Waals surface area contributed by atoms with Crippen LogP contribution in [-0.4, -0.2) is 47.2 Å². The molecule has 2 fully saturated rings. The van der Waals surface area contributed by atoms with E-state index in [9.17, 15) is 4.79 Å². The Bertz CT molecular complexity index is 734. The van der Waals surface area contributed by atoms with Crippen LogP contribution < -0.4 is 4.90 Å². The van der Waals surface area contributed by atoms with Gasteiger partial charge < -0.3 is 9.80 Å². The Morgan fingerprint density at radius 3 is 2.76 bits per heavy atom. The third-order valence-electron chi connectivity index (χ3n) is 5.50. The van der Waals surface area contributed by atoms with Gasteiger partial charge in [-0.3, -0.25) is 9.89 Å². The minimum Gasteiger partial charge on any atom is -0.371 e. The van der Waals surface area contributed by atoms with Gasteiger partial charge in [0.15, 0.2) is 0 Å². The molecule has 1 aromatic heterocycles. The Hall–Kier alpha value is -2.30. The second kappa shape index (κ2) is 6.90. The van der Waals surface area contributed by atoms with Gasteiger partial charge in [0.1, 0.15) is 0 Å². The van der Waals surface area contributed by atoms with Gasteiger partial charge in [0, 0.05) is 49.7 Å². The summed E-state index contributed by atoms with van der Waals surface area (Å²) in [6.45, 7) is 5.79. The molecule has 1 atom stereocenters. The van der Waals surface area contributed by atoms with Crippen LogP contribution >= 0.6 is 0 Å². The Morgan fingerprint density at radius 2 is 2.00 bits per heavy atom. The molecule has 2 aliphatic heterocycles. The lowest BCUT2D eigenvalue weighted by molar-refractivity contribution is 0.0706.